The average Bonchev–Trinajstić information content (AvgIpc) is 2.94. The Morgan fingerprint density at radius 2 is 1.86 bits per heavy atom. The second-order valence-corrected chi connectivity index (χ2v) is 15.2. The van der Waals surface area contributed by atoms with Crippen LogP contribution in [-0.2, 0) is 27.1 Å². The van der Waals surface area contributed by atoms with Gasteiger partial charge in [0.15, 0.2) is 0 Å². The van der Waals surface area contributed by atoms with Crippen molar-refractivity contribution >= 4 is 21.6 Å². The fourth-order valence-corrected chi connectivity index (χ4v) is 4.11. The van der Waals surface area contributed by atoms with E-state index in [2.05, 4.69) is 19.6 Å². The van der Waals surface area contributed by atoms with Crippen LogP contribution in [0.15, 0.2) is 0 Å². The molecule has 158 valence electrons. The van der Waals surface area contributed by atoms with Crippen LogP contribution in [0, 0.1) is 6.92 Å². The first-order valence-corrected chi connectivity index (χ1v) is 14.6. The summed E-state index contributed by atoms with van der Waals surface area (Å²) in [7, 11) is -4.04. The Morgan fingerprint density at radius 3 is 2.43 bits per heavy atom. The summed E-state index contributed by atoms with van der Waals surface area (Å²) in [5.41, 5.74) is 2.62. The van der Waals surface area contributed by atoms with Crippen molar-refractivity contribution in [3.63, 3.8) is 0 Å². The lowest BCUT2D eigenvalue weighted by atomic mass is 9.95. The van der Waals surface area contributed by atoms with Gasteiger partial charge in [-0.3, -0.25) is 4.57 Å². The molecule has 28 heavy (non-hydrogen) atoms. The van der Waals surface area contributed by atoms with Crippen molar-refractivity contribution in [1.29, 1.82) is 0 Å². The predicted molar refractivity (Wildman–Crippen MR) is 107 cm³/mol. The zero-order valence-electron chi connectivity index (χ0n) is 17.0. The standard InChI is InChI=1S/C18H29O8PSi/c1-12-14-10-26-18(19)15(14)17(25-8-9-28(3,4)5)13(16(12)23-2)6-7-24-11-27(20,21)22/h6-11H2,1-5H3,(H2,20,21,22). The number of ether oxygens (including phenoxy) is 4. The minimum Gasteiger partial charge on any atom is -0.496 e. The van der Waals surface area contributed by atoms with E-state index in [1.807, 2.05) is 6.92 Å². The SMILES string of the molecule is COc1c(C)c2c(c(OCC[Si](C)(C)C)c1CCOCP(=O)(O)O)C(=O)OC2. The third kappa shape index (κ3) is 5.81. The monoisotopic (exact) mass is 432 g/mol. The van der Waals surface area contributed by atoms with E-state index in [1.54, 1.807) is 0 Å². The first-order chi connectivity index (χ1) is 12.9. The highest BCUT2D eigenvalue weighted by molar-refractivity contribution is 7.51. The number of cyclic esters (lactones) is 1. The zero-order chi connectivity index (χ0) is 21.1. The maximum absolute atomic E-state index is 12.3. The summed E-state index contributed by atoms with van der Waals surface area (Å²) >= 11 is 0. The molecule has 8 nitrogen and oxygen atoms in total. The van der Waals surface area contributed by atoms with Gasteiger partial charge in [-0.25, -0.2) is 4.79 Å². The van der Waals surface area contributed by atoms with E-state index in [4.69, 9.17) is 28.7 Å². The largest absolute Gasteiger partial charge is 0.496 e. The average molecular weight is 432 g/mol. The van der Waals surface area contributed by atoms with E-state index < -0.39 is 28.0 Å². The molecule has 10 heteroatoms. The molecule has 1 aromatic carbocycles. The lowest BCUT2D eigenvalue weighted by Gasteiger charge is -2.22. The number of benzene rings is 1. The van der Waals surface area contributed by atoms with Crippen LogP contribution in [0.2, 0.25) is 25.7 Å². The number of rotatable bonds is 10. The molecule has 0 aliphatic carbocycles. The van der Waals surface area contributed by atoms with Crippen LogP contribution in [0.25, 0.3) is 0 Å². The molecule has 1 aromatic rings. The first kappa shape index (κ1) is 22.9. The van der Waals surface area contributed by atoms with Gasteiger partial charge in [-0.05, 0) is 18.5 Å². The molecule has 0 saturated carbocycles. The zero-order valence-corrected chi connectivity index (χ0v) is 18.9. The highest BCUT2D eigenvalue weighted by atomic mass is 31.2. The summed E-state index contributed by atoms with van der Waals surface area (Å²) in [4.78, 5) is 30.2. The van der Waals surface area contributed by atoms with E-state index in [0.29, 0.717) is 29.2 Å². The quantitative estimate of drug-likeness (QED) is 0.251. The van der Waals surface area contributed by atoms with E-state index in [-0.39, 0.29) is 19.6 Å². The first-order valence-electron chi connectivity index (χ1n) is 9.09. The molecule has 0 atom stereocenters. The molecule has 1 heterocycles. The van der Waals surface area contributed by atoms with Gasteiger partial charge in [-0.2, -0.15) is 0 Å². The number of carbonyl (C=O) groups excluding carboxylic acids is 1. The second-order valence-electron chi connectivity index (χ2n) is 8.01. The number of hydrogen-bond acceptors (Lipinski definition) is 6. The van der Waals surface area contributed by atoms with Gasteiger partial charge in [-0.15, -0.1) is 0 Å². The Morgan fingerprint density at radius 1 is 1.18 bits per heavy atom. The van der Waals surface area contributed by atoms with Gasteiger partial charge >= 0.3 is 13.6 Å². The normalized spacial score (nSPS) is 14.0. The molecule has 0 bridgehead atoms. The highest BCUT2D eigenvalue weighted by Crippen LogP contribution is 2.43. The van der Waals surface area contributed by atoms with Crippen LogP contribution >= 0.6 is 7.60 Å². The van der Waals surface area contributed by atoms with Gasteiger partial charge in [-0.1, -0.05) is 19.6 Å². The third-order valence-electron chi connectivity index (χ3n) is 4.48. The summed E-state index contributed by atoms with van der Waals surface area (Å²) in [6.45, 7) is 9.27. The summed E-state index contributed by atoms with van der Waals surface area (Å²) in [6.07, 6.45) is -0.375. The lowest BCUT2D eigenvalue weighted by molar-refractivity contribution is 0.0532. The maximum Gasteiger partial charge on any atom is 0.350 e. The summed E-state index contributed by atoms with van der Waals surface area (Å²) in [5.74, 6) is 0.582. The third-order valence-corrected chi connectivity index (χ3v) is 6.70. The molecular weight excluding hydrogens is 403 g/mol. The van der Waals surface area contributed by atoms with Crippen molar-refractivity contribution in [3.8, 4) is 11.5 Å². The number of fused-ring (bicyclic) bond motifs is 1. The van der Waals surface area contributed by atoms with Gasteiger partial charge in [0.25, 0.3) is 0 Å². The molecule has 0 radical (unpaired) electrons. The molecule has 0 unspecified atom stereocenters. The van der Waals surface area contributed by atoms with Crippen molar-refractivity contribution in [2.75, 3.05) is 26.7 Å². The molecule has 2 N–H and O–H groups in total. The van der Waals surface area contributed by atoms with Crippen LogP contribution in [0.4, 0.5) is 0 Å². The van der Waals surface area contributed by atoms with Crippen LogP contribution in [-0.4, -0.2) is 50.5 Å². The van der Waals surface area contributed by atoms with Crippen molar-refractivity contribution in [2.45, 2.75) is 45.6 Å². The van der Waals surface area contributed by atoms with E-state index in [1.165, 1.54) is 7.11 Å². The summed E-state index contributed by atoms with van der Waals surface area (Å²) < 4.78 is 33.0. The molecule has 1 aliphatic rings. The summed E-state index contributed by atoms with van der Waals surface area (Å²) in [6, 6.07) is 0.918. The van der Waals surface area contributed by atoms with Gasteiger partial charge in [0, 0.05) is 25.6 Å². The fraction of sp³-hybridized carbons (Fsp3) is 0.611. The minimum absolute atomic E-state index is 0.0547. The Kier molecular flexibility index (Phi) is 7.33. The van der Waals surface area contributed by atoms with Gasteiger partial charge < -0.3 is 28.7 Å². The molecule has 0 saturated heterocycles. The minimum atomic E-state index is -4.24. The van der Waals surface area contributed by atoms with Crippen molar-refractivity contribution < 1.29 is 38.1 Å². The van der Waals surface area contributed by atoms with Gasteiger partial charge in [0.1, 0.15) is 30.0 Å². The predicted octanol–water partition coefficient (Wildman–Crippen LogP) is 3.09. The Labute approximate surface area is 166 Å². The van der Waals surface area contributed by atoms with E-state index >= 15 is 0 Å². The Bertz CT molecular complexity index is 781. The van der Waals surface area contributed by atoms with Crippen LogP contribution in [0.5, 0.6) is 11.5 Å². The van der Waals surface area contributed by atoms with Crippen LogP contribution < -0.4 is 9.47 Å². The van der Waals surface area contributed by atoms with E-state index in [0.717, 1.165) is 17.2 Å². The Balaban J connectivity index is 2.36. The van der Waals surface area contributed by atoms with Crippen LogP contribution in [0.1, 0.15) is 27.0 Å². The van der Waals surface area contributed by atoms with Gasteiger partial charge in [0.2, 0.25) is 0 Å². The van der Waals surface area contributed by atoms with E-state index in [9.17, 15) is 9.36 Å². The second kappa shape index (κ2) is 8.96. The molecule has 2 rings (SSSR count). The highest BCUT2D eigenvalue weighted by Gasteiger charge is 2.33. The van der Waals surface area contributed by atoms with Crippen molar-refractivity contribution in [3.05, 3.63) is 22.3 Å². The molecule has 0 fully saturated rings. The lowest BCUT2D eigenvalue weighted by Crippen LogP contribution is -2.23. The topological polar surface area (TPSA) is 112 Å². The summed E-state index contributed by atoms with van der Waals surface area (Å²) in [5, 5.41) is 0. The number of carbonyl (C=O) groups is 1. The molecular formula is C18H29O8PSi. The maximum atomic E-state index is 12.3. The molecule has 0 spiro atoms. The van der Waals surface area contributed by atoms with Crippen molar-refractivity contribution in [2.24, 2.45) is 0 Å². The fourth-order valence-electron chi connectivity index (χ4n) is 3.03. The number of esters is 1. The van der Waals surface area contributed by atoms with Crippen LogP contribution in [0.3, 0.4) is 0 Å². The number of hydrogen-bond donors (Lipinski definition) is 2. The Hall–Kier alpha value is -1.38. The van der Waals surface area contributed by atoms with Crippen molar-refractivity contribution in [1.82, 2.24) is 0 Å². The van der Waals surface area contributed by atoms with Gasteiger partial charge in [0.05, 0.1) is 20.3 Å². The number of methoxy groups -OCH3 is 1. The molecule has 0 amide bonds. The molecule has 0 aromatic heterocycles. The molecule has 1 aliphatic heterocycles. The smallest absolute Gasteiger partial charge is 0.350 e.